The lowest BCUT2D eigenvalue weighted by Crippen LogP contribution is -2.34. The molecule has 2 fully saturated rings. The summed E-state index contributed by atoms with van der Waals surface area (Å²) < 4.78 is 11.5. The Hall–Kier alpha value is -0.970. The van der Waals surface area contributed by atoms with E-state index in [0.717, 1.165) is 37.8 Å². The van der Waals surface area contributed by atoms with Crippen molar-refractivity contribution in [2.75, 3.05) is 26.3 Å². The zero-order valence-corrected chi connectivity index (χ0v) is 13.6. The number of likely N-dealkylation sites (tertiary alicyclic amines) is 1. The van der Waals surface area contributed by atoms with Crippen molar-refractivity contribution in [1.29, 1.82) is 0 Å². The highest BCUT2D eigenvalue weighted by Gasteiger charge is 2.29. The van der Waals surface area contributed by atoms with E-state index in [4.69, 9.17) is 21.1 Å². The molecule has 3 aliphatic rings. The maximum absolute atomic E-state index is 6.40. The lowest BCUT2D eigenvalue weighted by Gasteiger charge is -2.24. The Bertz CT molecular complexity index is 552. The third-order valence-corrected chi connectivity index (χ3v) is 5.16. The number of hydrogen-bond acceptors (Lipinski definition) is 4. The summed E-state index contributed by atoms with van der Waals surface area (Å²) in [5, 5.41) is 4.40. The zero-order valence-electron chi connectivity index (χ0n) is 12.8. The average molecular weight is 323 g/mol. The second kappa shape index (κ2) is 6.26. The predicted octanol–water partition coefficient (Wildman–Crippen LogP) is 2.83. The van der Waals surface area contributed by atoms with Crippen LogP contribution in [-0.4, -0.2) is 43.3 Å². The Morgan fingerprint density at radius 2 is 2.00 bits per heavy atom. The van der Waals surface area contributed by atoms with Gasteiger partial charge in [-0.2, -0.15) is 0 Å². The lowest BCUT2D eigenvalue weighted by atomic mass is 10.1. The van der Waals surface area contributed by atoms with Gasteiger partial charge < -0.3 is 14.8 Å². The van der Waals surface area contributed by atoms with Crippen LogP contribution in [0.4, 0.5) is 0 Å². The van der Waals surface area contributed by atoms with Crippen LogP contribution in [0.3, 0.4) is 0 Å². The van der Waals surface area contributed by atoms with Crippen molar-refractivity contribution < 1.29 is 9.47 Å². The maximum Gasteiger partial charge on any atom is 0.179 e. The Balaban J connectivity index is 1.50. The second-order valence-corrected chi connectivity index (χ2v) is 7.02. The van der Waals surface area contributed by atoms with Gasteiger partial charge in [0.05, 0.1) is 18.2 Å². The number of ether oxygens (including phenoxy) is 2. The van der Waals surface area contributed by atoms with Gasteiger partial charge >= 0.3 is 0 Å². The van der Waals surface area contributed by atoms with E-state index in [-0.39, 0.29) is 0 Å². The number of nitrogens with one attached hydrogen (secondary N) is 1. The minimum atomic E-state index is 0.656. The van der Waals surface area contributed by atoms with Crippen LogP contribution in [0, 0.1) is 0 Å². The first-order chi connectivity index (χ1) is 10.8. The molecular weight excluding hydrogens is 300 g/mol. The van der Waals surface area contributed by atoms with E-state index in [0.29, 0.717) is 30.0 Å². The van der Waals surface area contributed by atoms with Gasteiger partial charge in [-0.1, -0.05) is 11.6 Å². The summed E-state index contributed by atoms with van der Waals surface area (Å²) in [5.41, 5.74) is 1.21. The van der Waals surface area contributed by atoms with Gasteiger partial charge in [0.25, 0.3) is 0 Å². The third kappa shape index (κ3) is 3.05. The molecule has 120 valence electrons. The summed E-state index contributed by atoms with van der Waals surface area (Å²) in [6.07, 6.45) is 4.80. The fourth-order valence-corrected chi connectivity index (χ4v) is 4.08. The first kappa shape index (κ1) is 14.6. The standard InChI is InChI=1S/C17H23ClN2O2/c18-15-8-12(9-16-17(15)22-7-1-6-21-16)10-20-5-4-13-2-3-14(11-20)19-13/h8-9,13-14,19H,1-7,10-11H2. The summed E-state index contributed by atoms with van der Waals surface area (Å²) in [4.78, 5) is 2.53. The Labute approximate surface area is 136 Å². The largest absolute Gasteiger partial charge is 0.489 e. The Morgan fingerprint density at radius 3 is 2.95 bits per heavy atom. The van der Waals surface area contributed by atoms with Crippen LogP contribution in [0.1, 0.15) is 31.2 Å². The quantitative estimate of drug-likeness (QED) is 0.908. The molecule has 1 aromatic carbocycles. The van der Waals surface area contributed by atoms with Gasteiger partial charge in [-0.15, -0.1) is 0 Å². The lowest BCUT2D eigenvalue weighted by molar-refractivity contribution is 0.250. The van der Waals surface area contributed by atoms with Gasteiger partial charge in [-0.25, -0.2) is 0 Å². The van der Waals surface area contributed by atoms with Crippen molar-refractivity contribution in [3.8, 4) is 11.5 Å². The summed E-state index contributed by atoms with van der Waals surface area (Å²) in [6, 6.07) is 5.51. The van der Waals surface area contributed by atoms with E-state index < -0.39 is 0 Å². The van der Waals surface area contributed by atoms with Crippen molar-refractivity contribution in [3.05, 3.63) is 22.7 Å². The molecule has 3 heterocycles. The SMILES string of the molecule is Clc1cc(CN2CCC3CCC(C2)N3)cc2c1OCCCO2. The van der Waals surface area contributed by atoms with E-state index >= 15 is 0 Å². The number of halogens is 1. The summed E-state index contributed by atoms with van der Waals surface area (Å²) in [6.45, 7) is 4.58. The van der Waals surface area contributed by atoms with Crippen LogP contribution in [0.25, 0.3) is 0 Å². The monoisotopic (exact) mass is 322 g/mol. The molecule has 1 N–H and O–H groups in total. The van der Waals surface area contributed by atoms with Gasteiger partial charge in [0.2, 0.25) is 0 Å². The molecule has 0 spiro atoms. The predicted molar refractivity (Wildman–Crippen MR) is 86.9 cm³/mol. The molecular formula is C17H23ClN2O2. The topological polar surface area (TPSA) is 33.7 Å². The molecule has 22 heavy (non-hydrogen) atoms. The molecule has 4 rings (SSSR count). The molecule has 5 heteroatoms. The maximum atomic E-state index is 6.40. The normalized spacial score (nSPS) is 28.2. The Morgan fingerprint density at radius 1 is 1.14 bits per heavy atom. The van der Waals surface area contributed by atoms with E-state index in [9.17, 15) is 0 Å². The zero-order chi connectivity index (χ0) is 14.9. The fraction of sp³-hybridized carbons (Fsp3) is 0.647. The minimum absolute atomic E-state index is 0.656. The molecule has 3 aliphatic heterocycles. The number of nitrogens with zero attached hydrogens (tertiary/aromatic N) is 1. The van der Waals surface area contributed by atoms with Crippen molar-refractivity contribution >= 4 is 11.6 Å². The number of hydrogen-bond donors (Lipinski definition) is 1. The molecule has 0 radical (unpaired) electrons. The second-order valence-electron chi connectivity index (χ2n) is 6.62. The highest BCUT2D eigenvalue weighted by atomic mass is 35.5. The minimum Gasteiger partial charge on any atom is -0.489 e. The van der Waals surface area contributed by atoms with Crippen molar-refractivity contribution in [2.24, 2.45) is 0 Å². The van der Waals surface area contributed by atoms with Crippen LogP contribution in [-0.2, 0) is 6.54 Å². The van der Waals surface area contributed by atoms with Crippen LogP contribution in [0.15, 0.2) is 12.1 Å². The van der Waals surface area contributed by atoms with Gasteiger partial charge in [0.15, 0.2) is 11.5 Å². The van der Waals surface area contributed by atoms with Gasteiger partial charge in [-0.05, 0) is 37.0 Å². The van der Waals surface area contributed by atoms with E-state index in [1.807, 2.05) is 6.07 Å². The highest BCUT2D eigenvalue weighted by molar-refractivity contribution is 6.32. The molecule has 4 nitrogen and oxygen atoms in total. The van der Waals surface area contributed by atoms with Crippen LogP contribution >= 0.6 is 11.6 Å². The van der Waals surface area contributed by atoms with Crippen LogP contribution in [0.2, 0.25) is 5.02 Å². The molecule has 1 aromatic rings. The van der Waals surface area contributed by atoms with Crippen LogP contribution < -0.4 is 14.8 Å². The van der Waals surface area contributed by atoms with Crippen LogP contribution in [0.5, 0.6) is 11.5 Å². The van der Waals surface area contributed by atoms with E-state index in [2.05, 4.69) is 16.3 Å². The molecule has 2 saturated heterocycles. The van der Waals surface area contributed by atoms with E-state index in [1.165, 1.54) is 24.8 Å². The molecule has 2 bridgehead atoms. The first-order valence-electron chi connectivity index (χ1n) is 8.34. The summed E-state index contributed by atoms with van der Waals surface area (Å²) >= 11 is 6.40. The molecule has 2 unspecified atom stereocenters. The van der Waals surface area contributed by atoms with Gasteiger partial charge in [0.1, 0.15) is 0 Å². The fourth-order valence-electron chi connectivity index (χ4n) is 3.79. The molecule has 0 aromatic heterocycles. The van der Waals surface area contributed by atoms with Gasteiger partial charge in [0, 0.05) is 38.1 Å². The van der Waals surface area contributed by atoms with Gasteiger partial charge in [-0.3, -0.25) is 4.90 Å². The highest BCUT2D eigenvalue weighted by Crippen LogP contribution is 2.38. The number of fused-ring (bicyclic) bond motifs is 3. The number of benzene rings is 1. The van der Waals surface area contributed by atoms with Crippen molar-refractivity contribution in [3.63, 3.8) is 0 Å². The van der Waals surface area contributed by atoms with E-state index in [1.54, 1.807) is 0 Å². The molecule has 0 amide bonds. The summed E-state index contributed by atoms with van der Waals surface area (Å²) in [7, 11) is 0. The van der Waals surface area contributed by atoms with Crippen molar-refractivity contribution in [1.82, 2.24) is 10.2 Å². The molecule has 0 saturated carbocycles. The molecule has 2 atom stereocenters. The summed E-state index contributed by atoms with van der Waals surface area (Å²) in [5.74, 6) is 1.51. The molecule has 0 aliphatic carbocycles. The van der Waals surface area contributed by atoms with Crippen molar-refractivity contribution in [2.45, 2.75) is 44.3 Å². The Kier molecular flexibility index (Phi) is 4.16. The number of rotatable bonds is 2. The third-order valence-electron chi connectivity index (χ3n) is 4.88. The average Bonchev–Trinajstić information content (AvgIpc) is 2.69. The smallest absolute Gasteiger partial charge is 0.179 e. The first-order valence-corrected chi connectivity index (χ1v) is 8.72.